The molecule has 0 amide bonds. The standard InChI is InChI=1S/C14H15ClN2O4S/c15-12-7-9(8-16)1-6-13(12)22(20,21)17-11-4-2-10(3-5-11)14(18)19/h1,6-7,10-11,17H,2-5H2,(H,18,19). The normalized spacial score (nSPS) is 22.0. The fourth-order valence-electron chi connectivity index (χ4n) is 2.53. The molecule has 0 bridgehead atoms. The summed E-state index contributed by atoms with van der Waals surface area (Å²) in [4.78, 5) is 10.8. The molecule has 0 saturated heterocycles. The maximum Gasteiger partial charge on any atom is 0.306 e. The van der Waals surface area contributed by atoms with Crippen LogP contribution in [-0.4, -0.2) is 25.5 Å². The largest absolute Gasteiger partial charge is 0.481 e. The average Bonchev–Trinajstić information content (AvgIpc) is 2.46. The highest BCUT2D eigenvalue weighted by molar-refractivity contribution is 7.89. The van der Waals surface area contributed by atoms with Gasteiger partial charge >= 0.3 is 5.97 Å². The molecular weight excluding hydrogens is 328 g/mol. The van der Waals surface area contributed by atoms with Gasteiger partial charge in [0.25, 0.3) is 0 Å². The maximum atomic E-state index is 12.3. The zero-order valence-electron chi connectivity index (χ0n) is 11.6. The lowest BCUT2D eigenvalue weighted by atomic mass is 9.87. The van der Waals surface area contributed by atoms with Crippen LogP contribution < -0.4 is 4.72 Å². The summed E-state index contributed by atoms with van der Waals surface area (Å²) in [5, 5.41) is 17.7. The van der Waals surface area contributed by atoms with Gasteiger partial charge in [-0.2, -0.15) is 5.26 Å². The van der Waals surface area contributed by atoms with E-state index in [-0.39, 0.29) is 21.5 Å². The zero-order chi connectivity index (χ0) is 16.3. The Morgan fingerprint density at radius 2 is 1.95 bits per heavy atom. The lowest BCUT2D eigenvalue weighted by Crippen LogP contribution is -2.38. The molecule has 1 saturated carbocycles. The van der Waals surface area contributed by atoms with Crippen LogP contribution in [0.15, 0.2) is 23.1 Å². The van der Waals surface area contributed by atoms with E-state index in [4.69, 9.17) is 22.0 Å². The Morgan fingerprint density at radius 1 is 1.32 bits per heavy atom. The van der Waals surface area contributed by atoms with Gasteiger partial charge in [-0.1, -0.05) is 11.6 Å². The van der Waals surface area contributed by atoms with Gasteiger partial charge in [-0.05, 0) is 43.9 Å². The van der Waals surface area contributed by atoms with Crippen molar-refractivity contribution in [2.45, 2.75) is 36.6 Å². The molecule has 0 atom stereocenters. The number of rotatable bonds is 4. The molecule has 2 rings (SSSR count). The molecule has 6 nitrogen and oxygen atoms in total. The summed E-state index contributed by atoms with van der Waals surface area (Å²) in [5.74, 6) is -1.24. The van der Waals surface area contributed by atoms with Gasteiger partial charge in [-0.15, -0.1) is 0 Å². The number of nitrogens with zero attached hydrogens (tertiary/aromatic N) is 1. The van der Waals surface area contributed by atoms with Crippen LogP contribution in [0.5, 0.6) is 0 Å². The van der Waals surface area contributed by atoms with Gasteiger partial charge < -0.3 is 5.11 Å². The van der Waals surface area contributed by atoms with Gasteiger partial charge in [0.15, 0.2) is 0 Å². The van der Waals surface area contributed by atoms with E-state index >= 15 is 0 Å². The molecule has 0 radical (unpaired) electrons. The van der Waals surface area contributed by atoms with Crippen LogP contribution in [0, 0.1) is 17.2 Å². The van der Waals surface area contributed by atoms with Crippen LogP contribution >= 0.6 is 11.6 Å². The highest BCUT2D eigenvalue weighted by atomic mass is 35.5. The predicted molar refractivity (Wildman–Crippen MR) is 79.9 cm³/mol. The van der Waals surface area contributed by atoms with Gasteiger partial charge in [0.05, 0.1) is 22.6 Å². The van der Waals surface area contributed by atoms with Crippen molar-refractivity contribution in [3.63, 3.8) is 0 Å². The third kappa shape index (κ3) is 3.77. The Labute approximate surface area is 133 Å². The Balaban J connectivity index is 2.09. The number of halogens is 1. The van der Waals surface area contributed by atoms with Crippen LogP contribution in [0.25, 0.3) is 0 Å². The second kappa shape index (κ2) is 6.65. The molecule has 1 aromatic rings. The van der Waals surface area contributed by atoms with Crippen molar-refractivity contribution in [3.8, 4) is 6.07 Å². The first-order valence-electron chi connectivity index (χ1n) is 6.78. The molecule has 0 heterocycles. The quantitative estimate of drug-likeness (QED) is 0.871. The van der Waals surface area contributed by atoms with Crippen molar-refractivity contribution in [3.05, 3.63) is 28.8 Å². The topological polar surface area (TPSA) is 107 Å². The average molecular weight is 343 g/mol. The van der Waals surface area contributed by atoms with Crippen LogP contribution in [0.1, 0.15) is 31.2 Å². The molecular formula is C14H15ClN2O4S. The van der Waals surface area contributed by atoms with Gasteiger partial charge in [-0.25, -0.2) is 13.1 Å². The van der Waals surface area contributed by atoms with Crippen molar-refractivity contribution in [2.24, 2.45) is 5.92 Å². The predicted octanol–water partition coefficient (Wildman–Crippen LogP) is 2.13. The molecule has 22 heavy (non-hydrogen) atoms. The van der Waals surface area contributed by atoms with Crippen LogP contribution in [0.4, 0.5) is 0 Å². The molecule has 0 spiro atoms. The minimum atomic E-state index is -3.79. The first kappa shape index (κ1) is 16.7. The lowest BCUT2D eigenvalue weighted by Gasteiger charge is -2.26. The number of sulfonamides is 1. The van der Waals surface area contributed by atoms with E-state index in [2.05, 4.69) is 4.72 Å². The number of carboxylic acids is 1. The Kier molecular flexibility index (Phi) is 5.06. The Morgan fingerprint density at radius 3 is 2.45 bits per heavy atom. The van der Waals surface area contributed by atoms with E-state index in [9.17, 15) is 13.2 Å². The lowest BCUT2D eigenvalue weighted by molar-refractivity contribution is -0.142. The van der Waals surface area contributed by atoms with Crippen LogP contribution in [-0.2, 0) is 14.8 Å². The fourth-order valence-corrected chi connectivity index (χ4v) is 4.38. The number of aliphatic carboxylic acids is 1. The van der Waals surface area contributed by atoms with Crippen LogP contribution in [0.3, 0.4) is 0 Å². The SMILES string of the molecule is N#Cc1ccc(S(=O)(=O)NC2CCC(C(=O)O)CC2)c(Cl)c1. The first-order chi connectivity index (χ1) is 10.3. The Bertz CT molecular complexity index is 719. The van der Waals surface area contributed by atoms with Crippen molar-refractivity contribution in [2.75, 3.05) is 0 Å². The number of carbonyl (C=O) groups is 1. The fraction of sp³-hybridized carbons (Fsp3) is 0.429. The molecule has 1 aliphatic carbocycles. The monoisotopic (exact) mass is 342 g/mol. The van der Waals surface area contributed by atoms with E-state index in [0.717, 1.165) is 0 Å². The minimum Gasteiger partial charge on any atom is -0.481 e. The molecule has 2 N–H and O–H groups in total. The molecule has 118 valence electrons. The van der Waals surface area contributed by atoms with Crippen LogP contribution in [0.2, 0.25) is 5.02 Å². The number of nitrogens with one attached hydrogen (secondary N) is 1. The number of hydrogen-bond acceptors (Lipinski definition) is 4. The molecule has 1 aromatic carbocycles. The second-order valence-electron chi connectivity index (χ2n) is 5.27. The molecule has 1 fully saturated rings. The number of hydrogen-bond donors (Lipinski definition) is 2. The maximum absolute atomic E-state index is 12.3. The van der Waals surface area contributed by atoms with E-state index < -0.39 is 21.9 Å². The van der Waals surface area contributed by atoms with Gasteiger partial charge in [0.2, 0.25) is 10.0 Å². The number of carboxylic acid groups (broad SMARTS) is 1. The summed E-state index contributed by atoms with van der Waals surface area (Å²) in [7, 11) is -3.79. The van der Waals surface area contributed by atoms with E-state index in [1.807, 2.05) is 6.07 Å². The van der Waals surface area contributed by atoms with E-state index in [1.54, 1.807) is 0 Å². The molecule has 8 heteroatoms. The molecule has 0 aliphatic heterocycles. The number of benzene rings is 1. The second-order valence-corrected chi connectivity index (χ2v) is 7.35. The molecule has 0 aromatic heterocycles. The van der Waals surface area contributed by atoms with E-state index in [0.29, 0.717) is 25.7 Å². The van der Waals surface area contributed by atoms with Crippen molar-refractivity contribution >= 4 is 27.6 Å². The van der Waals surface area contributed by atoms with Gasteiger partial charge in [0, 0.05) is 6.04 Å². The molecule has 1 aliphatic rings. The third-order valence-electron chi connectivity index (χ3n) is 3.75. The van der Waals surface area contributed by atoms with Gasteiger partial charge in [0.1, 0.15) is 4.90 Å². The molecule has 0 unspecified atom stereocenters. The van der Waals surface area contributed by atoms with Crippen molar-refractivity contribution < 1.29 is 18.3 Å². The van der Waals surface area contributed by atoms with Gasteiger partial charge in [-0.3, -0.25) is 4.79 Å². The van der Waals surface area contributed by atoms with Crippen molar-refractivity contribution in [1.29, 1.82) is 5.26 Å². The Hall–Kier alpha value is -1.62. The van der Waals surface area contributed by atoms with E-state index in [1.165, 1.54) is 18.2 Å². The summed E-state index contributed by atoms with van der Waals surface area (Å²) < 4.78 is 27.2. The first-order valence-corrected chi connectivity index (χ1v) is 8.64. The zero-order valence-corrected chi connectivity index (χ0v) is 13.2. The highest BCUT2D eigenvalue weighted by Gasteiger charge is 2.29. The summed E-state index contributed by atoms with van der Waals surface area (Å²) in [6.45, 7) is 0. The van der Waals surface area contributed by atoms with Crippen molar-refractivity contribution in [1.82, 2.24) is 4.72 Å². The minimum absolute atomic E-state index is 0.00854. The number of nitriles is 1. The summed E-state index contributed by atoms with van der Waals surface area (Å²) in [6.07, 6.45) is 1.85. The summed E-state index contributed by atoms with van der Waals surface area (Å²) in [6, 6.07) is 5.58. The highest BCUT2D eigenvalue weighted by Crippen LogP contribution is 2.27. The third-order valence-corrected chi connectivity index (χ3v) is 5.75. The summed E-state index contributed by atoms with van der Waals surface area (Å²) >= 11 is 5.93. The smallest absolute Gasteiger partial charge is 0.306 e. The summed E-state index contributed by atoms with van der Waals surface area (Å²) in [5.41, 5.74) is 0.283.